The Balaban J connectivity index is 1.83. The van der Waals surface area contributed by atoms with E-state index in [1.54, 1.807) is 50.4 Å². The number of aryl methyl sites for hydroxylation is 1. The van der Waals surface area contributed by atoms with Crippen LogP contribution in [0.15, 0.2) is 71.6 Å². The number of hydrogen-bond acceptors (Lipinski definition) is 4. The molecular formula is C25H28N2O4S. The number of ether oxygens (including phenoxy) is 1. The first kappa shape index (κ1) is 23.3. The Bertz CT molecular complexity index is 1210. The van der Waals surface area contributed by atoms with Crippen LogP contribution in [0.4, 0.5) is 5.69 Å². The van der Waals surface area contributed by atoms with Gasteiger partial charge in [0.05, 0.1) is 23.7 Å². The van der Waals surface area contributed by atoms with E-state index in [2.05, 4.69) is 10.0 Å². The molecule has 7 heteroatoms. The van der Waals surface area contributed by atoms with E-state index >= 15 is 0 Å². The third kappa shape index (κ3) is 5.11. The fourth-order valence-corrected chi connectivity index (χ4v) is 4.71. The number of carbonyl (C=O) groups excluding carboxylic acids is 1. The maximum atomic E-state index is 13.1. The van der Waals surface area contributed by atoms with Gasteiger partial charge in [-0.15, -0.1) is 0 Å². The van der Waals surface area contributed by atoms with Gasteiger partial charge in [0.15, 0.2) is 0 Å². The van der Waals surface area contributed by atoms with Crippen LogP contribution in [0.1, 0.15) is 46.4 Å². The van der Waals surface area contributed by atoms with Gasteiger partial charge in [0.2, 0.25) is 0 Å². The van der Waals surface area contributed by atoms with Crippen LogP contribution in [-0.4, -0.2) is 21.4 Å². The minimum atomic E-state index is -3.75. The molecule has 3 rings (SSSR count). The number of benzene rings is 3. The molecule has 0 heterocycles. The molecule has 0 saturated heterocycles. The van der Waals surface area contributed by atoms with Crippen molar-refractivity contribution < 1.29 is 17.9 Å². The fourth-order valence-electron chi connectivity index (χ4n) is 3.57. The number of nitrogens with one attached hydrogen (secondary N) is 2. The molecule has 32 heavy (non-hydrogen) atoms. The first-order valence-corrected chi connectivity index (χ1v) is 11.9. The average Bonchev–Trinajstić information content (AvgIpc) is 2.79. The van der Waals surface area contributed by atoms with Crippen molar-refractivity contribution in [3.63, 3.8) is 0 Å². The molecular weight excluding hydrogens is 424 g/mol. The summed E-state index contributed by atoms with van der Waals surface area (Å²) in [6.07, 6.45) is 0.705. The van der Waals surface area contributed by atoms with Crippen LogP contribution in [0.25, 0.3) is 0 Å². The Morgan fingerprint density at radius 2 is 1.72 bits per heavy atom. The van der Waals surface area contributed by atoms with Crippen molar-refractivity contribution in [3.8, 4) is 5.75 Å². The standard InChI is InChI=1S/C25H28N2O4S/c1-5-22(19-14-15-24(31-4)17(2)16-19)26-25(28)21-12-9-13-23(18(21)3)27-32(29,30)20-10-7-6-8-11-20/h6-16,22,27H,5H2,1-4H3,(H,26,28). The SMILES string of the molecule is CCC(NC(=O)c1cccc(NS(=O)(=O)c2ccccc2)c1C)c1ccc(OC)c(C)c1. The van der Waals surface area contributed by atoms with Gasteiger partial charge in [0.1, 0.15) is 5.75 Å². The van der Waals surface area contributed by atoms with Gasteiger partial charge in [-0.05, 0) is 67.3 Å². The molecule has 168 valence electrons. The molecule has 0 aromatic heterocycles. The second-order valence-corrected chi connectivity index (χ2v) is 9.24. The van der Waals surface area contributed by atoms with Crippen molar-refractivity contribution >= 4 is 21.6 Å². The minimum Gasteiger partial charge on any atom is -0.496 e. The largest absolute Gasteiger partial charge is 0.496 e. The van der Waals surface area contributed by atoms with Gasteiger partial charge >= 0.3 is 0 Å². The predicted molar refractivity (Wildman–Crippen MR) is 127 cm³/mol. The lowest BCUT2D eigenvalue weighted by molar-refractivity contribution is 0.0935. The van der Waals surface area contributed by atoms with E-state index in [1.165, 1.54) is 12.1 Å². The maximum absolute atomic E-state index is 13.1. The number of anilines is 1. The third-order valence-electron chi connectivity index (χ3n) is 5.41. The Morgan fingerprint density at radius 1 is 1.00 bits per heavy atom. The molecule has 0 bridgehead atoms. The van der Waals surface area contributed by atoms with Gasteiger partial charge in [-0.2, -0.15) is 0 Å². The third-order valence-corrected chi connectivity index (χ3v) is 6.79. The Kier molecular flexibility index (Phi) is 7.20. The van der Waals surface area contributed by atoms with E-state index in [4.69, 9.17) is 4.74 Å². The summed E-state index contributed by atoms with van der Waals surface area (Å²) in [4.78, 5) is 13.3. The highest BCUT2D eigenvalue weighted by Gasteiger charge is 2.20. The molecule has 0 spiro atoms. The van der Waals surface area contributed by atoms with Crippen LogP contribution in [0.5, 0.6) is 5.75 Å². The summed E-state index contributed by atoms with van der Waals surface area (Å²) in [5.41, 5.74) is 3.32. The number of amides is 1. The van der Waals surface area contributed by atoms with Crippen molar-refractivity contribution in [3.05, 3.63) is 89.0 Å². The summed E-state index contributed by atoms with van der Waals surface area (Å²) in [7, 11) is -2.13. The molecule has 0 fully saturated rings. The Labute approximate surface area is 189 Å². The van der Waals surface area contributed by atoms with E-state index in [-0.39, 0.29) is 16.8 Å². The summed E-state index contributed by atoms with van der Waals surface area (Å²) in [6, 6.07) is 18.8. The molecule has 0 aliphatic rings. The predicted octanol–water partition coefficient (Wildman–Crippen LogP) is 4.99. The highest BCUT2D eigenvalue weighted by atomic mass is 32.2. The topological polar surface area (TPSA) is 84.5 Å². The van der Waals surface area contributed by atoms with Gasteiger partial charge in [-0.25, -0.2) is 8.42 Å². The normalized spacial score (nSPS) is 12.1. The molecule has 0 radical (unpaired) electrons. The van der Waals surface area contributed by atoms with Crippen LogP contribution in [-0.2, 0) is 10.0 Å². The first-order chi connectivity index (χ1) is 15.3. The molecule has 0 aliphatic carbocycles. The monoisotopic (exact) mass is 452 g/mol. The lowest BCUT2D eigenvalue weighted by Crippen LogP contribution is -2.29. The van der Waals surface area contributed by atoms with E-state index in [0.717, 1.165) is 16.9 Å². The molecule has 3 aromatic carbocycles. The van der Waals surface area contributed by atoms with E-state index in [0.29, 0.717) is 23.2 Å². The molecule has 0 aliphatic heterocycles. The average molecular weight is 453 g/mol. The summed E-state index contributed by atoms with van der Waals surface area (Å²) < 4.78 is 33.3. The summed E-state index contributed by atoms with van der Waals surface area (Å²) in [5, 5.41) is 3.07. The van der Waals surface area contributed by atoms with Crippen molar-refractivity contribution in [2.24, 2.45) is 0 Å². The molecule has 0 saturated carbocycles. The number of hydrogen-bond donors (Lipinski definition) is 2. The smallest absolute Gasteiger partial charge is 0.261 e. The van der Waals surface area contributed by atoms with Gasteiger partial charge in [0.25, 0.3) is 15.9 Å². The van der Waals surface area contributed by atoms with E-state index in [9.17, 15) is 13.2 Å². The lowest BCUT2D eigenvalue weighted by Gasteiger charge is -2.20. The molecule has 1 atom stereocenters. The fraction of sp³-hybridized carbons (Fsp3) is 0.240. The van der Waals surface area contributed by atoms with Crippen LogP contribution in [0.3, 0.4) is 0 Å². The zero-order valence-corrected chi connectivity index (χ0v) is 19.5. The highest BCUT2D eigenvalue weighted by Crippen LogP contribution is 2.26. The van der Waals surface area contributed by atoms with Gasteiger partial charge < -0.3 is 10.1 Å². The maximum Gasteiger partial charge on any atom is 0.261 e. The molecule has 6 nitrogen and oxygen atoms in total. The van der Waals surface area contributed by atoms with E-state index < -0.39 is 10.0 Å². The molecule has 2 N–H and O–H groups in total. The highest BCUT2D eigenvalue weighted by molar-refractivity contribution is 7.92. The van der Waals surface area contributed by atoms with Crippen LogP contribution in [0.2, 0.25) is 0 Å². The second-order valence-electron chi connectivity index (χ2n) is 7.56. The van der Waals surface area contributed by atoms with Gasteiger partial charge in [-0.1, -0.05) is 43.3 Å². The van der Waals surface area contributed by atoms with Crippen molar-refractivity contribution in [2.75, 3.05) is 11.8 Å². The molecule has 3 aromatic rings. The Hall–Kier alpha value is -3.32. The lowest BCUT2D eigenvalue weighted by atomic mass is 10.00. The number of sulfonamides is 1. The number of carbonyl (C=O) groups is 1. The van der Waals surface area contributed by atoms with Gasteiger partial charge in [0, 0.05) is 5.56 Å². The zero-order chi connectivity index (χ0) is 23.3. The van der Waals surface area contributed by atoms with Crippen LogP contribution in [0, 0.1) is 13.8 Å². The zero-order valence-electron chi connectivity index (χ0n) is 18.7. The summed E-state index contributed by atoms with van der Waals surface area (Å²) in [6.45, 7) is 5.70. The van der Waals surface area contributed by atoms with Crippen LogP contribution >= 0.6 is 0 Å². The summed E-state index contributed by atoms with van der Waals surface area (Å²) in [5.74, 6) is 0.535. The quantitative estimate of drug-likeness (QED) is 0.504. The van der Waals surface area contributed by atoms with Crippen LogP contribution < -0.4 is 14.8 Å². The Morgan fingerprint density at radius 3 is 2.34 bits per heavy atom. The number of methoxy groups -OCH3 is 1. The molecule has 1 unspecified atom stereocenters. The van der Waals surface area contributed by atoms with Crippen molar-refractivity contribution in [2.45, 2.75) is 38.1 Å². The minimum absolute atomic E-state index is 0.162. The van der Waals surface area contributed by atoms with Crippen molar-refractivity contribution in [1.82, 2.24) is 5.32 Å². The molecule has 1 amide bonds. The van der Waals surface area contributed by atoms with Crippen molar-refractivity contribution in [1.29, 1.82) is 0 Å². The number of rotatable bonds is 8. The summed E-state index contributed by atoms with van der Waals surface area (Å²) >= 11 is 0. The van der Waals surface area contributed by atoms with E-state index in [1.807, 2.05) is 32.0 Å². The van der Waals surface area contributed by atoms with Gasteiger partial charge in [-0.3, -0.25) is 9.52 Å². The second kappa shape index (κ2) is 9.87. The first-order valence-electron chi connectivity index (χ1n) is 10.4.